The third-order valence-corrected chi connectivity index (χ3v) is 4.76. The van der Waals surface area contributed by atoms with E-state index in [2.05, 4.69) is 0 Å². The molecule has 3 rings (SSSR count). The van der Waals surface area contributed by atoms with E-state index >= 15 is 0 Å². The van der Waals surface area contributed by atoms with Crippen LogP contribution in [0, 0.1) is 5.92 Å². The molecule has 1 amide bonds. The molecule has 2 fully saturated rings. The zero-order valence-corrected chi connectivity index (χ0v) is 13.1. The van der Waals surface area contributed by atoms with Gasteiger partial charge in [-0.2, -0.15) is 0 Å². The number of halogens is 2. The Labute approximate surface area is 133 Å². The van der Waals surface area contributed by atoms with E-state index in [9.17, 15) is 4.79 Å². The van der Waals surface area contributed by atoms with Crippen molar-refractivity contribution in [2.75, 3.05) is 26.3 Å². The summed E-state index contributed by atoms with van der Waals surface area (Å²) in [6.07, 6.45) is 1.71. The van der Waals surface area contributed by atoms with Crippen molar-refractivity contribution in [1.82, 2.24) is 4.90 Å². The minimum absolute atomic E-state index is 0.000255. The molecule has 0 saturated carbocycles. The minimum atomic E-state index is -0.0905. The molecule has 2 saturated heterocycles. The number of carbonyl (C=O) groups excluding carboxylic acids is 1. The molecular formula is C15H17Cl2NO3. The van der Waals surface area contributed by atoms with Crippen LogP contribution < -0.4 is 0 Å². The topological polar surface area (TPSA) is 38.8 Å². The van der Waals surface area contributed by atoms with Gasteiger partial charge in [0.15, 0.2) is 6.29 Å². The number of ether oxygens (including phenoxy) is 2. The molecule has 21 heavy (non-hydrogen) atoms. The van der Waals surface area contributed by atoms with Gasteiger partial charge in [-0.05, 0) is 31.0 Å². The second-order valence-electron chi connectivity index (χ2n) is 5.37. The average Bonchev–Trinajstić information content (AvgIpc) is 3.04. The van der Waals surface area contributed by atoms with Crippen LogP contribution in [0.5, 0.6) is 0 Å². The number of nitrogens with zero attached hydrogens (tertiary/aromatic N) is 1. The van der Waals surface area contributed by atoms with Crippen molar-refractivity contribution in [2.45, 2.75) is 19.1 Å². The summed E-state index contributed by atoms with van der Waals surface area (Å²) in [7, 11) is 0. The second kappa shape index (κ2) is 6.53. The first-order valence-corrected chi connectivity index (χ1v) is 7.88. The number of piperidine rings is 1. The van der Waals surface area contributed by atoms with Crippen molar-refractivity contribution in [3.8, 4) is 0 Å². The lowest BCUT2D eigenvalue weighted by Gasteiger charge is -2.33. The van der Waals surface area contributed by atoms with Crippen LogP contribution in [0.15, 0.2) is 18.2 Å². The predicted molar refractivity (Wildman–Crippen MR) is 80.8 cm³/mol. The molecule has 0 bridgehead atoms. The van der Waals surface area contributed by atoms with Gasteiger partial charge in [-0.15, -0.1) is 0 Å². The molecule has 0 aliphatic carbocycles. The third kappa shape index (κ3) is 3.34. The molecule has 0 N–H and O–H groups in total. The van der Waals surface area contributed by atoms with Crippen molar-refractivity contribution in [2.24, 2.45) is 5.92 Å². The molecule has 6 heteroatoms. The van der Waals surface area contributed by atoms with E-state index in [-0.39, 0.29) is 12.2 Å². The molecule has 1 aromatic carbocycles. The summed E-state index contributed by atoms with van der Waals surface area (Å²) >= 11 is 11.8. The first kappa shape index (κ1) is 15.1. The van der Waals surface area contributed by atoms with Crippen LogP contribution >= 0.6 is 23.2 Å². The summed E-state index contributed by atoms with van der Waals surface area (Å²) in [5.74, 6) is 0.380. The van der Waals surface area contributed by atoms with Crippen molar-refractivity contribution in [3.63, 3.8) is 0 Å². The van der Waals surface area contributed by atoms with Crippen LogP contribution in [0.4, 0.5) is 0 Å². The SMILES string of the molecule is O=C(c1ccc(Cl)c(Cl)c1)N1CCC(C2OCCO2)CC1. The molecule has 2 aliphatic rings. The Morgan fingerprint density at radius 2 is 1.76 bits per heavy atom. The fourth-order valence-electron chi connectivity index (χ4n) is 2.84. The van der Waals surface area contributed by atoms with E-state index in [0.717, 1.165) is 12.8 Å². The highest BCUT2D eigenvalue weighted by Crippen LogP contribution is 2.28. The van der Waals surface area contributed by atoms with E-state index in [1.165, 1.54) is 0 Å². The van der Waals surface area contributed by atoms with E-state index in [1.54, 1.807) is 18.2 Å². The fourth-order valence-corrected chi connectivity index (χ4v) is 3.13. The Balaban J connectivity index is 1.60. The minimum Gasteiger partial charge on any atom is -0.350 e. The summed E-state index contributed by atoms with van der Waals surface area (Å²) in [5, 5.41) is 0.868. The van der Waals surface area contributed by atoms with Crippen molar-refractivity contribution in [3.05, 3.63) is 33.8 Å². The molecule has 2 aliphatic heterocycles. The molecule has 0 unspecified atom stereocenters. The molecule has 4 nitrogen and oxygen atoms in total. The summed E-state index contributed by atoms with van der Waals surface area (Å²) in [6.45, 7) is 2.78. The van der Waals surface area contributed by atoms with Gasteiger partial charge in [-0.1, -0.05) is 23.2 Å². The molecule has 0 aromatic heterocycles. The molecule has 0 atom stereocenters. The van der Waals surface area contributed by atoms with Gasteiger partial charge in [0.25, 0.3) is 5.91 Å². The summed E-state index contributed by atoms with van der Waals surface area (Å²) in [6, 6.07) is 5.00. The van der Waals surface area contributed by atoms with Gasteiger partial charge in [0.1, 0.15) is 0 Å². The van der Waals surface area contributed by atoms with E-state index in [1.807, 2.05) is 4.90 Å². The standard InChI is InChI=1S/C15H17Cl2NO3/c16-12-2-1-11(9-13(12)17)14(19)18-5-3-10(4-6-18)15-20-7-8-21-15/h1-2,9-10,15H,3-8H2. The highest BCUT2D eigenvalue weighted by atomic mass is 35.5. The first-order chi connectivity index (χ1) is 10.1. The van der Waals surface area contributed by atoms with Crippen LogP contribution in [-0.2, 0) is 9.47 Å². The van der Waals surface area contributed by atoms with E-state index in [4.69, 9.17) is 32.7 Å². The Morgan fingerprint density at radius 3 is 2.38 bits per heavy atom. The number of rotatable bonds is 2. The van der Waals surface area contributed by atoms with Crippen LogP contribution in [0.2, 0.25) is 10.0 Å². The van der Waals surface area contributed by atoms with Crippen LogP contribution in [0.1, 0.15) is 23.2 Å². The number of hydrogen-bond acceptors (Lipinski definition) is 3. The number of carbonyl (C=O) groups is 1. The largest absolute Gasteiger partial charge is 0.350 e. The predicted octanol–water partition coefficient (Wildman–Crippen LogP) is 3.22. The Hall–Kier alpha value is -0.810. The highest BCUT2D eigenvalue weighted by molar-refractivity contribution is 6.42. The van der Waals surface area contributed by atoms with Crippen molar-refractivity contribution < 1.29 is 14.3 Å². The number of amides is 1. The number of benzene rings is 1. The Bertz CT molecular complexity index is 524. The molecular weight excluding hydrogens is 313 g/mol. The maximum Gasteiger partial charge on any atom is 0.253 e. The van der Waals surface area contributed by atoms with Crippen LogP contribution in [0.25, 0.3) is 0 Å². The van der Waals surface area contributed by atoms with Gasteiger partial charge in [0.2, 0.25) is 0 Å². The first-order valence-electron chi connectivity index (χ1n) is 7.12. The van der Waals surface area contributed by atoms with Crippen LogP contribution in [-0.4, -0.2) is 43.4 Å². The van der Waals surface area contributed by atoms with Gasteiger partial charge in [0, 0.05) is 24.6 Å². The normalized spacial score (nSPS) is 21.0. The lowest BCUT2D eigenvalue weighted by Crippen LogP contribution is -2.41. The fraction of sp³-hybridized carbons (Fsp3) is 0.533. The highest BCUT2D eigenvalue weighted by Gasteiger charge is 2.32. The van der Waals surface area contributed by atoms with Gasteiger partial charge < -0.3 is 14.4 Å². The smallest absolute Gasteiger partial charge is 0.253 e. The second-order valence-corrected chi connectivity index (χ2v) is 6.18. The van der Waals surface area contributed by atoms with Gasteiger partial charge in [0.05, 0.1) is 23.3 Å². The maximum absolute atomic E-state index is 12.5. The van der Waals surface area contributed by atoms with Crippen molar-refractivity contribution >= 4 is 29.1 Å². The molecule has 0 radical (unpaired) electrons. The van der Waals surface area contributed by atoms with E-state index in [0.29, 0.717) is 47.8 Å². The van der Waals surface area contributed by atoms with Crippen LogP contribution in [0.3, 0.4) is 0 Å². The molecule has 114 valence electrons. The van der Waals surface area contributed by atoms with Crippen molar-refractivity contribution in [1.29, 1.82) is 0 Å². The Kier molecular flexibility index (Phi) is 4.69. The summed E-state index contributed by atoms with van der Waals surface area (Å²) in [4.78, 5) is 14.3. The molecule has 2 heterocycles. The lowest BCUT2D eigenvalue weighted by molar-refractivity contribution is -0.0956. The number of hydrogen-bond donors (Lipinski definition) is 0. The van der Waals surface area contributed by atoms with E-state index < -0.39 is 0 Å². The molecule has 1 aromatic rings. The lowest BCUT2D eigenvalue weighted by atomic mass is 9.95. The zero-order chi connectivity index (χ0) is 14.8. The zero-order valence-electron chi connectivity index (χ0n) is 11.6. The third-order valence-electron chi connectivity index (χ3n) is 4.03. The number of likely N-dealkylation sites (tertiary alicyclic amines) is 1. The maximum atomic E-state index is 12.5. The summed E-state index contributed by atoms with van der Waals surface area (Å²) < 4.78 is 11.1. The Morgan fingerprint density at radius 1 is 1.10 bits per heavy atom. The monoisotopic (exact) mass is 329 g/mol. The summed E-state index contributed by atoms with van der Waals surface area (Å²) in [5.41, 5.74) is 0.580. The molecule has 0 spiro atoms. The quantitative estimate of drug-likeness (QED) is 0.836. The van der Waals surface area contributed by atoms with Gasteiger partial charge >= 0.3 is 0 Å². The van der Waals surface area contributed by atoms with Gasteiger partial charge in [-0.25, -0.2) is 0 Å². The van der Waals surface area contributed by atoms with Gasteiger partial charge in [-0.3, -0.25) is 4.79 Å². The average molecular weight is 330 g/mol.